The molecule has 2 aromatic carbocycles. The molecule has 0 saturated carbocycles. The maximum Gasteiger partial charge on any atom is 0.433 e. The molecular weight excluding hydrogens is 421 g/mol. The Labute approximate surface area is 171 Å². The standard InChI is InChI=1S/C20H12F5N5O/c1-10-2-7-13(8-14(10)22)26-18(31)17-28-19-27-15(11-3-5-12(21)6-4-11)9-16(20(23,24)25)30(19)29-17/h2-9H,1H3,(H,26,31). The van der Waals surface area contributed by atoms with E-state index < -0.39 is 41.0 Å². The lowest BCUT2D eigenvalue weighted by Crippen LogP contribution is -2.16. The fourth-order valence-electron chi connectivity index (χ4n) is 2.79. The number of nitrogens with zero attached hydrogens (tertiary/aromatic N) is 4. The molecule has 0 aliphatic carbocycles. The molecular formula is C20H12F5N5O. The van der Waals surface area contributed by atoms with E-state index in [1.807, 2.05) is 0 Å². The second-order valence-corrected chi connectivity index (χ2v) is 6.60. The largest absolute Gasteiger partial charge is 0.433 e. The van der Waals surface area contributed by atoms with Crippen LogP contribution < -0.4 is 5.32 Å². The Kier molecular flexibility index (Phi) is 4.88. The van der Waals surface area contributed by atoms with Gasteiger partial charge in [-0.25, -0.2) is 13.8 Å². The molecule has 2 aromatic heterocycles. The number of amides is 1. The molecule has 0 aliphatic heterocycles. The minimum atomic E-state index is -4.84. The molecule has 1 amide bonds. The van der Waals surface area contributed by atoms with Crippen LogP contribution in [0.5, 0.6) is 0 Å². The highest BCUT2D eigenvalue weighted by molar-refractivity contribution is 6.01. The van der Waals surface area contributed by atoms with Crippen molar-refractivity contribution in [2.45, 2.75) is 13.1 Å². The molecule has 0 spiro atoms. The van der Waals surface area contributed by atoms with E-state index in [0.29, 0.717) is 10.1 Å². The number of benzene rings is 2. The number of fused-ring (bicyclic) bond motifs is 1. The van der Waals surface area contributed by atoms with E-state index in [1.54, 1.807) is 0 Å². The number of hydrogen-bond acceptors (Lipinski definition) is 4. The lowest BCUT2D eigenvalue weighted by Gasteiger charge is -2.10. The predicted octanol–water partition coefficient (Wildman–Crippen LogP) is 4.65. The predicted molar refractivity (Wildman–Crippen MR) is 100 cm³/mol. The minimum Gasteiger partial charge on any atom is -0.319 e. The first kappa shape index (κ1) is 20.4. The van der Waals surface area contributed by atoms with Gasteiger partial charge in [-0.15, -0.1) is 5.10 Å². The van der Waals surface area contributed by atoms with Crippen molar-refractivity contribution >= 4 is 17.4 Å². The van der Waals surface area contributed by atoms with Crippen LogP contribution in [0.15, 0.2) is 48.5 Å². The molecule has 11 heteroatoms. The first-order chi connectivity index (χ1) is 14.6. The van der Waals surface area contributed by atoms with Crippen LogP contribution in [-0.4, -0.2) is 25.5 Å². The van der Waals surface area contributed by atoms with E-state index in [9.17, 15) is 26.7 Å². The average molecular weight is 433 g/mol. The summed E-state index contributed by atoms with van der Waals surface area (Å²) in [7, 11) is 0. The zero-order valence-electron chi connectivity index (χ0n) is 15.7. The highest BCUT2D eigenvalue weighted by Gasteiger charge is 2.36. The lowest BCUT2D eigenvalue weighted by molar-refractivity contribution is -0.142. The number of alkyl halides is 3. The summed E-state index contributed by atoms with van der Waals surface area (Å²) in [5, 5.41) is 5.95. The summed E-state index contributed by atoms with van der Waals surface area (Å²) in [5.74, 6) is -3.13. The molecule has 2 heterocycles. The molecule has 1 N–H and O–H groups in total. The summed E-state index contributed by atoms with van der Waals surface area (Å²) in [6.45, 7) is 1.54. The Bertz CT molecular complexity index is 1300. The summed E-state index contributed by atoms with van der Waals surface area (Å²) in [6, 6.07) is 9.35. The monoisotopic (exact) mass is 433 g/mol. The van der Waals surface area contributed by atoms with E-state index in [0.717, 1.165) is 24.3 Å². The molecule has 0 fully saturated rings. The third kappa shape index (κ3) is 4.06. The number of hydrogen-bond donors (Lipinski definition) is 1. The van der Waals surface area contributed by atoms with Crippen LogP contribution in [0.2, 0.25) is 0 Å². The Hall–Kier alpha value is -3.89. The van der Waals surface area contributed by atoms with Crippen LogP contribution in [0.1, 0.15) is 21.9 Å². The van der Waals surface area contributed by atoms with Gasteiger partial charge < -0.3 is 5.32 Å². The highest BCUT2D eigenvalue weighted by Crippen LogP contribution is 2.32. The number of nitrogens with one attached hydrogen (secondary N) is 1. The molecule has 0 atom stereocenters. The number of aryl methyl sites for hydroxylation is 1. The first-order valence-corrected chi connectivity index (χ1v) is 8.80. The van der Waals surface area contributed by atoms with Crippen molar-refractivity contribution in [2.24, 2.45) is 0 Å². The van der Waals surface area contributed by atoms with E-state index in [1.165, 1.54) is 31.2 Å². The molecule has 4 rings (SSSR count). The second-order valence-electron chi connectivity index (χ2n) is 6.60. The smallest absolute Gasteiger partial charge is 0.319 e. The van der Waals surface area contributed by atoms with Gasteiger partial charge in [0.2, 0.25) is 5.82 Å². The van der Waals surface area contributed by atoms with Gasteiger partial charge in [0.05, 0.1) is 5.69 Å². The molecule has 0 aliphatic rings. The van der Waals surface area contributed by atoms with Crippen LogP contribution in [0.3, 0.4) is 0 Å². The topological polar surface area (TPSA) is 72.2 Å². The van der Waals surface area contributed by atoms with E-state index in [-0.39, 0.29) is 16.9 Å². The van der Waals surface area contributed by atoms with Gasteiger partial charge in [-0.1, -0.05) is 6.07 Å². The zero-order valence-corrected chi connectivity index (χ0v) is 15.7. The molecule has 4 aromatic rings. The number of halogens is 5. The number of rotatable bonds is 3. The van der Waals surface area contributed by atoms with Crippen LogP contribution in [0.25, 0.3) is 17.0 Å². The van der Waals surface area contributed by atoms with Gasteiger partial charge in [-0.2, -0.15) is 22.7 Å². The van der Waals surface area contributed by atoms with Gasteiger partial charge in [0.15, 0.2) is 5.69 Å². The Morgan fingerprint density at radius 2 is 1.71 bits per heavy atom. The van der Waals surface area contributed by atoms with E-state index in [2.05, 4.69) is 20.4 Å². The Balaban J connectivity index is 1.77. The van der Waals surface area contributed by atoms with Gasteiger partial charge in [-0.3, -0.25) is 4.79 Å². The van der Waals surface area contributed by atoms with Crippen molar-refractivity contribution in [3.63, 3.8) is 0 Å². The molecule has 0 bridgehead atoms. The SMILES string of the molecule is Cc1ccc(NC(=O)c2nc3nc(-c4ccc(F)cc4)cc(C(F)(F)F)n3n2)cc1F. The van der Waals surface area contributed by atoms with Crippen LogP contribution in [-0.2, 0) is 6.18 Å². The number of anilines is 1. The molecule has 0 radical (unpaired) electrons. The lowest BCUT2D eigenvalue weighted by atomic mass is 10.1. The number of carbonyl (C=O) groups excluding carboxylic acids is 1. The fraction of sp³-hybridized carbons (Fsp3) is 0.100. The normalized spacial score (nSPS) is 11.7. The molecule has 0 saturated heterocycles. The number of carbonyl (C=O) groups is 1. The molecule has 0 unspecified atom stereocenters. The number of aromatic nitrogens is 4. The van der Waals surface area contributed by atoms with Gasteiger partial charge in [0.1, 0.15) is 11.6 Å². The summed E-state index contributed by atoms with van der Waals surface area (Å²) in [4.78, 5) is 20.2. The first-order valence-electron chi connectivity index (χ1n) is 8.80. The van der Waals surface area contributed by atoms with Crippen molar-refractivity contribution in [2.75, 3.05) is 5.32 Å². The maximum atomic E-state index is 13.7. The molecule has 31 heavy (non-hydrogen) atoms. The van der Waals surface area contributed by atoms with Gasteiger partial charge in [0.25, 0.3) is 11.7 Å². The second kappa shape index (κ2) is 7.42. The minimum absolute atomic E-state index is 0.0861. The third-order valence-corrected chi connectivity index (χ3v) is 4.38. The maximum absolute atomic E-state index is 13.7. The fourth-order valence-corrected chi connectivity index (χ4v) is 2.79. The highest BCUT2D eigenvalue weighted by atomic mass is 19.4. The van der Waals surface area contributed by atoms with Crippen LogP contribution in [0, 0.1) is 18.6 Å². The van der Waals surface area contributed by atoms with E-state index >= 15 is 0 Å². The average Bonchev–Trinajstić information content (AvgIpc) is 3.14. The van der Waals surface area contributed by atoms with E-state index in [4.69, 9.17) is 0 Å². The summed E-state index contributed by atoms with van der Waals surface area (Å²) in [5.41, 5.74) is -0.678. The summed E-state index contributed by atoms with van der Waals surface area (Å²) in [6.07, 6.45) is -4.84. The van der Waals surface area contributed by atoms with Gasteiger partial charge in [-0.05, 0) is 55.0 Å². The van der Waals surface area contributed by atoms with Crippen molar-refractivity contribution in [1.29, 1.82) is 0 Å². The van der Waals surface area contributed by atoms with Crippen molar-refractivity contribution in [3.8, 4) is 11.3 Å². The van der Waals surface area contributed by atoms with Crippen molar-refractivity contribution < 1.29 is 26.7 Å². The van der Waals surface area contributed by atoms with Gasteiger partial charge in [0, 0.05) is 11.3 Å². The quantitative estimate of drug-likeness (QED) is 0.478. The van der Waals surface area contributed by atoms with Crippen LogP contribution >= 0.6 is 0 Å². The Morgan fingerprint density at radius 1 is 1.00 bits per heavy atom. The summed E-state index contributed by atoms with van der Waals surface area (Å²) < 4.78 is 68.0. The van der Waals surface area contributed by atoms with Crippen molar-refractivity contribution in [3.05, 3.63) is 77.2 Å². The molecule has 158 valence electrons. The van der Waals surface area contributed by atoms with Crippen molar-refractivity contribution in [1.82, 2.24) is 19.6 Å². The van der Waals surface area contributed by atoms with Gasteiger partial charge >= 0.3 is 6.18 Å². The zero-order chi connectivity index (χ0) is 22.3. The third-order valence-electron chi connectivity index (χ3n) is 4.38. The summed E-state index contributed by atoms with van der Waals surface area (Å²) >= 11 is 0. The Morgan fingerprint density at radius 3 is 2.35 bits per heavy atom. The molecule has 6 nitrogen and oxygen atoms in total. The van der Waals surface area contributed by atoms with Crippen LogP contribution in [0.4, 0.5) is 27.6 Å².